The molecule has 0 bridgehead atoms. The molecule has 0 amide bonds. The zero-order chi connectivity index (χ0) is 18.2. The molecule has 2 rings (SSSR count). The Balaban J connectivity index is 2.00. The van der Waals surface area contributed by atoms with Gasteiger partial charge in [0.05, 0.1) is 19.2 Å². The standard InChI is InChI=1S/C18H25N3O3S/c1-12(20-21-18(25)19-15-6-4-3-5-7-15)13-8-9-16(24-2)14(10-13)11-17(22)23/h8-10,15H,3-7,11H2,1-2H3,(H,22,23)(H2,19,21,25)/b20-12-. The molecule has 1 saturated carbocycles. The zero-order valence-electron chi connectivity index (χ0n) is 14.7. The largest absolute Gasteiger partial charge is 0.496 e. The number of nitrogens with one attached hydrogen (secondary N) is 2. The van der Waals surface area contributed by atoms with Crippen molar-refractivity contribution in [3.05, 3.63) is 29.3 Å². The summed E-state index contributed by atoms with van der Waals surface area (Å²) in [4.78, 5) is 11.0. The van der Waals surface area contributed by atoms with Crippen molar-refractivity contribution in [2.45, 2.75) is 51.5 Å². The van der Waals surface area contributed by atoms with Gasteiger partial charge in [-0.25, -0.2) is 0 Å². The molecule has 0 aliphatic heterocycles. The molecule has 136 valence electrons. The van der Waals surface area contributed by atoms with E-state index in [1.165, 1.54) is 26.4 Å². The third-order valence-electron chi connectivity index (χ3n) is 4.31. The van der Waals surface area contributed by atoms with Crippen LogP contribution in [0.4, 0.5) is 0 Å². The van der Waals surface area contributed by atoms with Crippen molar-refractivity contribution in [3.8, 4) is 5.75 Å². The lowest BCUT2D eigenvalue weighted by molar-refractivity contribution is -0.136. The Labute approximate surface area is 153 Å². The number of carbonyl (C=O) groups is 1. The van der Waals surface area contributed by atoms with Crippen molar-refractivity contribution in [3.63, 3.8) is 0 Å². The van der Waals surface area contributed by atoms with Crippen LogP contribution in [0.25, 0.3) is 0 Å². The number of rotatable bonds is 6. The molecule has 25 heavy (non-hydrogen) atoms. The van der Waals surface area contributed by atoms with E-state index < -0.39 is 5.97 Å². The van der Waals surface area contributed by atoms with E-state index in [1.54, 1.807) is 12.1 Å². The number of hydrazone groups is 1. The maximum Gasteiger partial charge on any atom is 0.307 e. The SMILES string of the molecule is COc1ccc(/C(C)=N\NC(=S)NC2CCCCC2)cc1CC(=O)O. The van der Waals surface area contributed by atoms with Gasteiger partial charge in [-0.3, -0.25) is 10.2 Å². The maximum absolute atomic E-state index is 11.0. The molecule has 6 nitrogen and oxygen atoms in total. The fraction of sp³-hybridized carbons (Fsp3) is 0.500. The van der Waals surface area contributed by atoms with E-state index in [9.17, 15) is 4.79 Å². The number of benzene rings is 1. The number of aliphatic carboxylic acids is 1. The molecular formula is C18H25N3O3S. The topological polar surface area (TPSA) is 83.0 Å². The van der Waals surface area contributed by atoms with E-state index >= 15 is 0 Å². The van der Waals surface area contributed by atoms with Crippen molar-refractivity contribution in [1.82, 2.24) is 10.7 Å². The number of ether oxygens (including phenoxy) is 1. The van der Waals surface area contributed by atoms with Gasteiger partial charge < -0.3 is 15.2 Å². The van der Waals surface area contributed by atoms with Gasteiger partial charge in [-0.2, -0.15) is 5.10 Å². The van der Waals surface area contributed by atoms with Crippen LogP contribution in [0.3, 0.4) is 0 Å². The van der Waals surface area contributed by atoms with Gasteiger partial charge in [-0.05, 0) is 55.7 Å². The molecule has 1 aliphatic rings. The lowest BCUT2D eigenvalue weighted by Crippen LogP contribution is -2.41. The third kappa shape index (κ3) is 6.01. The number of hydrogen-bond acceptors (Lipinski definition) is 4. The number of nitrogens with zero attached hydrogens (tertiary/aromatic N) is 1. The van der Waals surface area contributed by atoms with Crippen LogP contribution < -0.4 is 15.5 Å². The number of methoxy groups -OCH3 is 1. The Morgan fingerprint density at radius 2 is 2.08 bits per heavy atom. The molecule has 0 atom stereocenters. The summed E-state index contributed by atoms with van der Waals surface area (Å²) in [5.74, 6) is -0.345. The first-order valence-electron chi connectivity index (χ1n) is 8.49. The van der Waals surface area contributed by atoms with Gasteiger partial charge in [-0.15, -0.1) is 0 Å². The van der Waals surface area contributed by atoms with Gasteiger partial charge in [0.25, 0.3) is 0 Å². The van der Waals surface area contributed by atoms with Crippen LogP contribution in [-0.4, -0.2) is 35.1 Å². The Morgan fingerprint density at radius 3 is 2.72 bits per heavy atom. The van der Waals surface area contributed by atoms with E-state index in [-0.39, 0.29) is 6.42 Å². The van der Waals surface area contributed by atoms with E-state index in [0.717, 1.165) is 24.1 Å². The minimum Gasteiger partial charge on any atom is -0.496 e. The van der Waals surface area contributed by atoms with Crippen LogP contribution in [0.1, 0.15) is 50.2 Å². The van der Waals surface area contributed by atoms with Gasteiger partial charge in [0.2, 0.25) is 0 Å². The molecule has 1 aliphatic carbocycles. The zero-order valence-corrected chi connectivity index (χ0v) is 15.5. The van der Waals surface area contributed by atoms with Gasteiger partial charge in [0, 0.05) is 11.6 Å². The second-order valence-electron chi connectivity index (χ2n) is 6.21. The number of carboxylic acid groups (broad SMARTS) is 1. The lowest BCUT2D eigenvalue weighted by Gasteiger charge is -2.23. The predicted octanol–water partition coefficient (Wildman–Crippen LogP) is 2.84. The Hall–Kier alpha value is -2.15. The van der Waals surface area contributed by atoms with Crippen LogP contribution in [0.5, 0.6) is 5.75 Å². The lowest BCUT2D eigenvalue weighted by atomic mass is 9.96. The molecule has 1 fully saturated rings. The first-order chi connectivity index (χ1) is 12.0. The van der Waals surface area contributed by atoms with Crippen molar-refractivity contribution in [2.75, 3.05) is 7.11 Å². The van der Waals surface area contributed by atoms with Crippen molar-refractivity contribution >= 4 is 29.0 Å². The first-order valence-corrected chi connectivity index (χ1v) is 8.90. The average Bonchev–Trinajstić information content (AvgIpc) is 2.60. The molecule has 1 aromatic carbocycles. The quantitative estimate of drug-likeness (QED) is 0.410. The summed E-state index contributed by atoms with van der Waals surface area (Å²) in [6.07, 6.45) is 5.95. The first kappa shape index (κ1) is 19.2. The van der Waals surface area contributed by atoms with Crippen LogP contribution in [0.2, 0.25) is 0 Å². The molecule has 3 N–H and O–H groups in total. The maximum atomic E-state index is 11.0. The Morgan fingerprint density at radius 1 is 1.36 bits per heavy atom. The van der Waals surface area contributed by atoms with Crippen molar-refractivity contribution < 1.29 is 14.6 Å². The number of carboxylic acids is 1. The smallest absolute Gasteiger partial charge is 0.307 e. The van der Waals surface area contributed by atoms with E-state index in [0.29, 0.717) is 22.5 Å². The molecule has 0 saturated heterocycles. The minimum atomic E-state index is -0.902. The highest BCUT2D eigenvalue weighted by Crippen LogP contribution is 2.21. The van der Waals surface area contributed by atoms with Crippen LogP contribution in [-0.2, 0) is 11.2 Å². The van der Waals surface area contributed by atoms with Gasteiger partial charge in [0.15, 0.2) is 5.11 Å². The Kier molecular flexibility index (Phi) is 7.18. The van der Waals surface area contributed by atoms with E-state index in [2.05, 4.69) is 15.8 Å². The second kappa shape index (κ2) is 9.36. The highest BCUT2D eigenvalue weighted by atomic mass is 32.1. The molecule has 0 aromatic heterocycles. The van der Waals surface area contributed by atoms with Crippen LogP contribution in [0, 0.1) is 0 Å². The van der Waals surface area contributed by atoms with Gasteiger partial charge in [-0.1, -0.05) is 19.3 Å². The highest BCUT2D eigenvalue weighted by Gasteiger charge is 2.14. The summed E-state index contributed by atoms with van der Waals surface area (Å²) in [6.45, 7) is 1.85. The summed E-state index contributed by atoms with van der Waals surface area (Å²) >= 11 is 5.30. The fourth-order valence-electron chi connectivity index (χ4n) is 2.97. The molecule has 1 aromatic rings. The van der Waals surface area contributed by atoms with Gasteiger partial charge in [0.1, 0.15) is 5.75 Å². The molecule has 0 unspecified atom stereocenters. The molecule has 0 spiro atoms. The van der Waals surface area contributed by atoms with Crippen molar-refractivity contribution in [2.24, 2.45) is 5.10 Å². The summed E-state index contributed by atoms with van der Waals surface area (Å²) < 4.78 is 5.21. The minimum absolute atomic E-state index is 0.0978. The van der Waals surface area contributed by atoms with Crippen LogP contribution in [0.15, 0.2) is 23.3 Å². The van der Waals surface area contributed by atoms with Crippen molar-refractivity contribution in [1.29, 1.82) is 0 Å². The monoisotopic (exact) mass is 363 g/mol. The van der Waals surface area contributed by atoms with Gasteiger partial charge >= 0.3 is 5.97 Å². The average molecular weight is 363 g/mol. The summed E-state index contributed by atoms with van der Waals surface area (Å²) in [6, 6.07) is 5.81. The molecule has 0 heterocycles. The summed E-state index contributed by atoms with van der Waals surface area (Å²) in [5.41, 5.74) is 5.04. The fourth-order valence-corrected chi connectivity index (χ4v) is 3.18. The van der Waals surface area contributed by atoms with E-state index in [1.807, 2.05) is 13.0 Å². The third-order valence-corrected chi connectivity index (χ3v) is 4.51. The molecule has 0 radical (unpaired) electrons. The normalized spacial score (nSPS) is 15.5. The second-order valence-corrected chi connectivity index (χ2v) is 6.62. The number of hydrogen-bond donors (Lipinski definition) is 3. The highest BCUT2D eigenvalue weighted by molar-refractivity contribution is 7.80. The number of thiocarbonyl (C=S) groups is 1. The van der Waals surface area contributed by atoms with E-state index in [4.69, 9.17) is 22.1 Å². The predicted molar refractivity (Wildman–Crippen MR) is 102 cm³/mol. The Bertz CT molecular complexity index is 655. The molecule has 7 heteroatoms. The summed E-state index contributed by atoms with van der Waals surface area (Å²) in [7, 11) is 1.53. The van der Waals surface area contributed by atoms with Crippen LogP contribution >= 0.6 is 12.2 Å². The molecular weight excluding hydrogens is 338 g/mol. The summed E-state index contributed by atoms with van der Waals surface area (Å²) in [5, 5.41) is 17.2.